The van der Waals surface area contributed by atoms with Crippen molar-refractivity contribution in [3.05, 3.63) is 33.4 Å². The number of piperazine rings is 1. The van der Waals surface area contributed by atoms with Gasteiger partial charge in [-0.25, -0.2) is 8.78 Å². The second-order valence-corrected chi connectivity index (χ2v) is 5.73. The molecule has 1 aromatic rings. The van der Waals surface area contributed by atoms with Crippen LogP contribution in [0.1, 0.15) is 18.0 Å². The number of benzene rings is 1. The molecule has 0 amide bonds. The Bertz CT molecular complexity index is 369. The molecule has 6 heteroatoms. The molecule has 1 N–H and O–H groups in total. The van der Waals surface area contributed by atoms with E-state index in [1.54, 1.807) is 0 Å². The Morgan fingerprint density at radius 1 is 1.16 bits per heavy atom. The van der Waals surface area contributed by atoms with E-state index in [1.807, 2.05) is 24.3 Å². The molecule has 108 valence electrons. The summed E-state index contributed by atoms with van der Waals surface area (Å²) >= 11 is 2.23. The molecule has 1 fully saturated rings. The first kappa shape index (κ1) is 17.1. The third-order valence-corrected chi connectivity index (χ3v) is 3.97. The SMILES string of the molecule is Cl.FC(F)C[C@@H](c1ccc(I)cc1)N1CCNCC1. The van der Waals surface area contributed by atoms with E-state index in [-0.39, 0.29) is 24.9 Å². The van der Waals surface area contributed by atoms with Crippen molar-refractivity contribution < 1.29 is 8.78 Å². The average Bonchev–Trinajstić information content (AvgIpc) is 2.38. The van der Waals surface area contributed by atoms with Crippen LogP contribution in [0.2, 0.25) is 0 Å². The minimum absolute atomic E-state index is 0. The monoisotopic (exact) mass is 402 g/mol. The van der Waals surface area contributed by atoms with Gasteiger partial charge in [0, 0.05) is 42.2 Å². The minimum atomic E-state index is -2.26. The molecule has 0 saturated carbocycles. The van der Waals surface area contributed by atoms with Gasteiger partial charge in [0.1, 0.15) is 0 Å². The predicted molar refractivity (Wildman–Crippen MR) is 84.2 cm³/mol. The summed E-state index contributed by atoms with van der Waals surface area (Å²) in [7, 11) is 0. The molecule has 1 atom stereocenters. The highest BCUT2D eigenvalue weighted by molar-refractivity contribution is 14.1. The van der Waals surface area contributed by atoms with E-state index in [4.69, 9.17) is 0 Å². The average molecular weight is 403 g/mol. The predicted octanol–water partition coefficient (Wildman–Crippen LogP) is 3.31. The van der Waals surface area contributed by atoms with Crippen LogP contribution in [0.3, 0.4) is 0 Å². The van der Waals surface area contributed by atoms with Gasteiger partial charge in [-0.1, -0.05) is 12.1 Å². The molecule has 1 saturated heterocycles. The van der Waals surface area contributed by atoms with Crippen molar-refractivity contribution in [2.75, 3.05) is 26.2 Å². The Hall–Kier alpha value is 0.0200. The van der Waals surface area contributed by atoms with Gasteiger partial charge in [-0.3, -0.25) is 4.90 Å². The zero-order valence-corrected chi connectivity index (χ0v) is 13.5. The number of hydrogen-bond donors (Lipinski definition) is 1. The van der Waals surface area contributed by atoms with Crippen LogP contribution in [0.15, 0.2) is 24.3 Å². The molecule has 1 heterocycles. The highest BCUT2D eigenvalue weighted by Gasteiger charge is 2.25. The van der Waals surface area contributed by atoms with Gasteiger partial charge >= 0.3 is 0 Å². The number of rotatable bonds is 4. The van der Waals surface area contributed by atoms with Gasteiger partial charge < -0.3 is 5.32 Å². The zero-order valence-electron chi connectivity index (χ0n) is 10.5. The normalized spacial score (nSPS) is 18.1. The van der Waals surface area contributed by atoms with Crippen molar-refractivity contribution >= 4 is 35.0 Å². The first-order chi connectivity index (χ1) is 8.66. The van der Waals surface area contributed by atoms with Crippen molar-refractivity contribution in [2.45, 2.75) is 18.9 Å². The molecular formula is C13H18ClF2IN2. The third-order valence-electron chi connectivity index (χ3n) is 3.25. The fraction of sp³-hybridized carbons (Fsp3) is 0.538. The van der Waals surface area contributed by atoms with Gasteiger partial charge in [0.15, 0.2) is 0 Å². The van der Waals surface area contributed by atoms with E-state index in [0.29, 0.717) is 0 Å². The summed E-state index contributed by atoms with van der Waals surface area (Å²) in [6.45, 7) is 3.43. The van der Waals surface area contributed by atoms with Crippen molar-refractivity contribution in [1.82, 2.24) is 10.2 Å². The van der Waals surface area contributed by atoms with Crippen molar-refractivity contribution in [2.24, 2.45) is 0 Å². The van der Waals surface area contributed by atoms with Crippen LogP contribution in [0.4, 0.5) is 8.78 Å². The Morgan fingerprint density at radius 2 is 1.74 bits per heavy atom. The summed E-state index contributed by atoms with van der Waals surface area (Å²) in [6, 6.07) is 7.74. The fourth-order valence-electron chi connectivity index (χ4n) is 2.34. The van der Waals surface area contributed by atoms with Crippen molar-refractivity contribution in [1.29, 1.82) is 0 Å². The smallest absolute Gasteiger partial charge is 0.240 e. The lowest BCUT2D eigenvalue weighted by molar-refractivity contribution is 0.0739. The molecule has 1 aromatic carbocycles. The number of nitrogens with one attached hydrogen (secondary N) is 1. The van der Waals surface area contributed by atoms with E-state index >= 15 is 0 Å². The summed E-state index contributed by atoms with van der Waals surface area (Å²) < 4.78 is 26.7. The molecule has 0 bridgehead atoms. The molecule has 0 aromatic heterocycles. The van der Waals surface area contributed by atoms with Gasteiger partial charge in [0.2, 0.25) is 6.43 Å². The largest absolute Gasteiger partial charge is 0.314 e. The van der Waals surface area contributed by atoms with Gasteiger partial charge in [0.05, 0.1) is 0 Å². The standard InChI is InChI=1S/C13H17F2IN2.ClH/c14-13(15)9-12(18-7-5-17-6-8-18)10-1-3-11(16)4-2-10;/h1-4,12-13,17H,5-9H2;1H/t12-;/m0./s1. The molecular weight excluding hydrogens is 385 g/mol. The summed E-state index contributed by atoms with van der Waals surface area (Å²) in [5.41, 5.74) is 0.998. The lowest BCUT2D eigenvalue weighted by Crippen LogP contribution is -2.45. The van der Waals surface area contributed by atoms with Gasteiger partial charge in [-0.15, -0.1) is 12.4 Å². The maximum absolute atomic E-state index is 12.8. The van der Waals surface area contributed by atoms with E-state index in [0.717, 1.165) is 35.3 Å². The molecule has 0 aliphatic carbocycles. The van der Waals surface area contributed by atoms with Gasteiger partial charge in [0.25, 0.3) is 0 Å². The van der Waals surface area contributed by atoms with Gasteiger partial charge in [-0.2, -0.15) is 0 Å². The number of nitrogens with zero attached hydrogens (tertiary/aromatic N) is 1. The van der Waals surface area contributed by atoms with Crippen LogP contribution in [-0.4, -0.2) is 37.5 Å². The summed E-state index contributed by atoms with van der Waals surface area (Å²) in [5.74, 6) is 0. The van der Waals surface area contributed by atoms with Gasteiger partial charge in [-0.05, 0) is 40.3 Å². The molecule has 1 aliphatic rings. The van der Waals surface area contributed by atoms with Crippen LogP contribution in [0, 0.1) is 3.57 Å². The molecule has 1 aliphatic heterocycles. The fourth-order valence-corrected chi connectivity index (χ4v) is 2.70. The highest BCUT2D eigenvalue weighted by atomic mass is 127. The van der Waals surface area contributed by atoms with Crippen molar-refractivity contribution in [3.8, 4) is 0 Å². The first-order valence-corrected chi connectivity index (χ1v) is 7.23. The summed E-state index contributed by atoms with van der Waals surface area (Å²) in [5, 5.41) is 3.25. The molecule has 0 spiro atoms. The Balaban J connectivity index is 0.00000180. The second kappa shape index (κ2) is 8.34. The van der Waals surface area contributed by atoms with Crippen LogP contribution in [0.25, 0.3) is 0 Å². The number of alkyl halides is 2. The maximum Gasteiger partial charge on any atom is 0.240 e. The molecule has 19 heavy (non-hydrogen) atoms. The Labute approximate surface area is 132 Å². The summed E-state index contributed by atoms with van der Waals surface area (Å²) in [6.07, 6.45) is -2.34. The van der Waals surface area contributed by atoms with Crippen LogP contribution >= 0.6 is 35.0 Å². The molecule has 0 radical (unpaired) electrons. The second-order valence-electron chi connectivity index (χ2n) is 4.48. The third kappa shape index (κ3) is 5.13. The molecule has 2 nitrogen and oxygen atoms in total. The van der Waals surface area contributed by atoms with Crippen molar-refractivity contribution in [3.63, 3.8) is 0 Å². The van der Waals surface area contributed by atoms with E-state index in [2.05, 4.69) is 32.8 Å². The molecule has 2 rings (SSSR count). The minimum Gasteiger partial charge on any atom is -0.314 e. The van der Waals surface area contributed by atoms with E-state index in [9.17, 15) is 8.78 Å². The zero-order chi connectivity index (χ0) is 13.0. The maximum atomic E-state index is 12.8. The Kier molecular flexibility index (Phi) is 7.49. The lowest BCUT2D eigenvalue weighted by atomic mass is 10.0. The highest BCUT2D eigenvalue weighted by Crippen LogP contribution is 2.28. The molecule has 0 unspecified atom stereocenters. The van der Waals surface area contributed by atoms with Crippen LogP contribution in [0.5, 0.6) is 0 Å². The lowest BCUT2D eigenvalue weighted by Gasteiger charge is -2.35. The first-order valence-electron chi connectivity index (χ1n) is 6.15. The van der Waals surface area contributed by atoms with E-state index in [1.165, 1.54) is 0 Å². The summed E-state index contributed by atoms with van der Waals surface area (Å²) in [4.78, 5) is 2.16. The quantitative estimate of drug-likeness (QED) is 0.778. The number of hydrogen-bond acceptors (Lipinski definition) is 2. The number of halogens is 4. The Morgan fingerprint density at radius 3 is 2.26 bits per heavy atom. The topological polar surface area (TPSA) is 15.3 Å². The van der Waals surface area contributed by atoms with Crippen LogP contribution < -0.4 is 5.32 Å². The van der Waals surface area contributed by atoms with Crippen LogP contribution in [-0.2, 0) is 0 Å². The van der Waals surface area contributed by atoms with E-state index < -0.39 is 6.43 Å².